The van der Waals surface area contributed by atoms with E-state index in [-0.39, 0.29) is 27.8 Å². The van der Waals surface area contributed by atoms with E-state index in [1.54, 1.807) is 24.3 Å². The first kappa shape index (κ1) is 34.3. The van der Waals surface area contributed by atoms with Crippen LogP contribution in [0.25, 0.3) is 33.4 Å². The molecule has 5 rings (SSSR count). The fraction of sp³-hybridized carbons (Fsp3) is 0.167. The van der Waals surface area contributed by atoms with Crippen LogP contribution in [-0.4, -0.2) is 6.36 Å². The summed E-state index contributed by atoms with van der Waals surface area (Å²) in [6.45, 7) is 2.04. The number of unbranched alkanes of at least 4 members (excludes halogenated alkanes) is 1. The zero-order valence-electron chi connectivity index (χ0n) is 24.9. The first-order valence-electron chi connectivity index (χ1n) is 14.5. The highest BCUT2D eigenvalue weighted by Crippen LogP contribution is 2.39. The first-order chi connectivity index (χ1) is 22.6. The highest BCUT2D eigenvalue weighted by atomic mass is 19.4. The van der Waals surface area contributed by atoms with Gasteiger partial charge in [0.25, 0.3) is 0 Å². The van der Waals surface area contributed by atoms with Gasteiger partial charge in [-0.05, 0) is 83.1 Å². The molecule has 0 heterocycles. The Morgan fingerprint density at radius 3 is 1.58 bits per heavy atom. The molecule has 0 spiro atoms. The van der Waals surface area contributed by atoms with Gasteiger partial charge < -0.3 is 9.47 Å². The fourth-order valence-corrected chi connectivity index (χ4v) is 5.05. The maximum absolute atomic E-state index is 15.1. The second kappa shape index (κ2) is 13.6. The van der Waals surface area contributed by atoms with Gasteiger partial charge in [0.15, 0.2) is 11.6 Å². The summed E-state index contributed by atoms with van der Waals surface area (Å²) in [6.07, 6.45) is -6.94. The quantitative estimate of drug-likeness (QED) is 0.137. The van der Waals surface area contributed by atoms with E-state index in [1.165, 1.54) is 6.07 Å². The van der Waals surface area contributed by atoms with Crippen LogP contribution in [0.4, 0.5) is 43.9 Å². The monoisotopic (exact) mass is 678 g/mol. The average Bonchev–Trinajstić information content (AvgIpc) is 3.00. The van der Waals surface area contributed by atoms with Crippen molar-refractivity contribution in [2.24, 2.45) is 0 Å². The van der Waals surface area contributed by atoms with Crippen molar-refractivity contribution < 1.29 is 53.4 Å². The SMILES string of the molecule is CCCCc1ccc(-c2cc(F)c(C(F)(F)Oc3ccc(-c4ccc(-c5ccc(OC(F)(F)F)c(F)c5)c(F)c4)c(F)c3)c(F)c2)cc1. The Morgan fingerprint density at radius 2 is 1.04 bits per heavy atom. The summed E-state index contributed by atoms with van der Waals surface area (Å²) in [4.78, 5) is 0. The van der Waals surface area contributed by atoms with E-state index in [2.05, 4.69) is 9.47 Å². The van der Waals surface area contributed by atoms with Crippen LogP contribution in [0, 0.1) is 29.1 Å². The van der Waals surface area contributed by atoms with Crippen LogP contribution in [0.2, 0.25) is 0 Å². The number of halogens is 10. The molecule has 0 aliphatic heterocycles. The van der Waals surface area contributed by atoms with Crippen molar-refractivity contribution in [1.82, 2.24) is 0 Å². The Hall–Kier alpha value is -5.00. The van der Waals surface area contributed by atoms with Gasteiger partial charge in [0.05, 0.1) is 0 Å². The van der Waals surface area contributed by atoms with Crippen LogP contribution in [0.15, 0.2) is 91.0 Å². The summed E-state index contributed by atoms with van der Waals surface area (Å²) in [5, 5.41) is 0. The predicted octanol–water partition coefficient (Wildman–Crippen LogP) is 11.8. The predicted molar refractivity (Wildman–Crippen MR) is 159 cm³/mol. The third kappa shape index (κ3) is 7.75. The average molecular weight is 679 g/mol. The summed E-state index contributed by atoms with van der Waals surface area (Å²) < 4.78 is 149. The molecule has 12 heteroatoms. The molecular formula is C36H24F10O2. The zero-order chi connectivity index (χ0) is 34.8. The smallest absolute Gasteiger partial charge is 0.429 e. The third-order valence-corrected chi connectivity index (χ3v) is 7.37. The van der Waals surface area contributed by atoms with E-state index < -0.39 is 58.6 Å². The number of ether oxygens (including phenoxy) is 2. The largest absolute Gasteiger partial charge is 0.573 e. The molecule has 0 aliphatic carbocycles. The standard InChI is InChI=1S/C36H24F10O2/c1-2-3-4-20-5-7-21(8-6-20)24-17-31(40)34(32(41)18-24)35(42,43)47-25-11-13-27(29(38)19-25)22-9-12-26(28(37)15-22)23-10-14-33(30(39)16-23)48-36(44,45)46/h5-19H,2-4H2,1H3. The Labute approximate surface area is 268 Å². The van der Waals surface area contributed by atoms with E-state index in [9.17, 15) is 30.7 Å². The summed E-state index contributed by atoms with van der Waals surface area (Å²) in [6, 6.07) is 16.1. The van der Waals surface area contributed by atoms with Gasteiger partial charge in [-0.3, -0.25) is 0 Å². The molecule has 5 aromatic carbocycles. The van der Waals surface area contributed by atoms with E-state index in [1.807, 2.05) is 6.92 Å². The molecule has 0 bridgehead atoms. The molecule has 0 fully saturated rings. The minimum absolute atomic E-state index is 0.0258. The van der Waals surface area contributed by atoms with Crippen molar-refractivity contribution in [3.8, 4) is 44.9 Å². The lowest BCUT2D eigenvalue weighted by Crippen LogP contribution is -2.25. The molecular weight excluding hydrogens is 654 g/mol. The minimum Gasteiger partial charge on any atom is -0.429 e. The number of alkyl halides is 5. The van der Waals surface area contributed by atoms with E-state index >= 15 is 13.2 Å². The van der Waals surface area contributed by atoms with Crippen molar-refractivity contribution in [2.45, 2.75) is 38.7 Å². The van der Waals surface area contributed by atoms with Crippen molar-refractivity contribution in [1.29, 1.82) is 0 Å². The van der Waals surface area contributed by atoms with Crippen LogP contribution in [0.5, 0.6) is 11.5 Å². The number of aryl methyl sites for hydroxylation is 1. The molecule has 0 radical (unpaired) electrons. The van der Waals surface area contributed by atoms with Crippen molar-refractivity contribution in [2.75, 3.05) is 0 Å². The molecule has 0 unspecified atom stereocenters. The maximum Gasteiger partial charge on any atom is 0.573 e. The van der Waals surface area contributed by atoms with Gasteiger partial charge in [0.2, 0.25) is 0 Å². The Bertz CT molecular complexity index is 1910. The molecule has 250 valence electrons. The highest BCUT2D eigenvalue weighted by molar-refractivity contribution is 5.72. The summed E-state index contributed by atoms with van der Waals surface area (Å²) in [5.74, 6) is -8.65. The lowest BCUT2D eigenvalue weighted by molar-refractivity contribution is -0.275. The fourth-order valence-electron chi connectivity index (χ4n) is 5.05. The second-order valence-electron chi connectivity index (χ2n) is 10.8. The van der Waals surface area contributed by atoms with Gasteiger partial charge in [-0.25, -0.2) is 22.0 Å². The van der Waals surface area contributed by atoms with Crippen molar-refractivity contribution in [3.05, 3.63) is 131 Å². The number of benzene rings is 5. The summed E-state index contributed by atoms with van der Waals surface area (Å²) in [5.41, 5.74) is -0.982. The number of hydrogen-bond donors (Lipinski definition) is 0. The molecule has 0 saturated carbocycles. The first-order valence-corrected chi connectivity index (χ1v) is 14.5. The van der Waals surface area contributed by atoms with E-state index in [0.717, 1.165) is 67.3 Å². The Balaban J connectivity index is 1.34. The van der Waals surface area contributed by atoms with Gasteiger partial charge in [0.1, 0.15) is 34.6 Å². The van der Waals surface area contributed by atoms with Crippen LogP contribution in [0.3, 0.4) is 0 Å². The second-order valence-corrected chi connectivity index (χ2v) is 10.8. The van der Waals surface area contributed by atoms with Gasteiger partial charge in [-0.2, -0.15) is 8.78 Å². The Kier molecular flexibility index (Phi) is 9.74. The topological polar surface area (TPSA) is 18.5 Å². The molecule has 0 N–H and O–H groups in total. The van der Waals surface area contributed by atoms with Crippen LogP contribution >= 0.6 is 0 Å². The van der Waals surface area contributed by atoms with Crippen molar-refractivity contribution >= 4 is 0 Å². The molecule has 0 aliphatic rings. The molecule has 2 nitrogen and oxygen atoms in total. The van der Waals surface area contributed by atoms with Crippen LogP contribution < -0.4 is 9.47 Å². The molecule has 48 heavy (non-hydrogen) atoms. The van der Waals surface area contributed by atoms with Crippen LogP contribution in [0.1, 0.15) is 30.9 Å². The number of rotatable bonds is 10. The molecule has 5 aromatic rings. The normalized spacial score (nSPS) is 11.9. The minimum atomic E-state index is -5.14. The van der Waals surface area contributed by atoms with Gasteiger partial charge >= 0.3 is 12.5 Å². The molecule has 0 atom stereocenters. The van der Waals surface area contributed by atoms with Gasteiger partial charge in [-0.1, -0.05) is 55.8 Å². The summed E-state index contributed by atoms with van der Waals surface area (Å²) >= 11 is 0. The van der Waals surface area contributed by atoms with E-state index in [0.29, 0.717) is 23.8 Å². The van der Waals surface area contributed by atoms with Crippen LogP contribution in [-0.2, 0) is 12.5 Å². The Morgan fingerprint density at radius 1 is 0.521 bits per heavy atom. The molecule has 0 amide bonds. The van der Waals surface area contributed by atoms with Gasteiger partial charge in [0, 0.05) is 17.2 Å². The number of hydrogen-bond acceptors (Lipinski definition) is 2. The molecule has 0 aromatic heterocycles. The van der Waals surface area contributed by atoms with Gasteiger partial charge in [-0.15, -0.1) is 13.2 Å². The highest BCUT2D eigenvalue weighted by Gasteiger charge is 2.41. The van der Waals surface area contributed by atoms with E-state index in [4.69, 9.17) is 0 Å². The lowest BCUT2D eigenvalue weighted by atomic mass is 9.99. The molecule has 0 saturated heterocycles. The lowest BCUT2D eigenvalue weighted by Gasteiger charge is -2.20. The summed E-state index contributed by atoms with van der Waals surface area (Å²) in [7, 11) is 0. The third-order valence-electron chi connectivity index (χ3n) is 7.37. The maximum atomic E-state index is 15.1. The zero-order valence-corrected chi connectivity index (χ0v) is 24.9. The van der Waals surface area contributed by atoms with Crippen molar-refractivity contribution in [3.63, 3.8) is 0 Å².